The van der Waals surface area contributed by atoms with Gasteiger partial charge in [0.2, 0.25) is 0 Å². The zero-order chi connectivity index (χ0) is 37.0. The summed E-state index contributed by atoms with van der Waals surface area (Å²) >= 11 is 0. The molecule has 0 aliphatic carbocycles. The van der Waals surface area contributed by atoms with Crippen LogP contribution in [0.3, 0.4) is 0 Å². The first-order chi connectivity index (χ1) is 26.5. The van der Waals surface area contributed by atoms with Crippen molar-refractivity contribution in [2.45, 2.75) is 0 Å². The minimum absolute atomic E-state index is 0.815. The number of hydrogen-bond acceptors (Lipinski definition) is 6. The molecule has 0 aromatic heterocycles. The van der Waals surface area contributed by atoms with E-state index in [1.807, 2.05) is 36.4 Å². The van der Waals surface area contributed by atoms with Crippen LogP contribution in [0, 0.1) is 0 Å². The van der Waals surface area contributed by atoms with Crippen LogP contribution in [-0.4, -0.2) is 28.4 Å². The van der Waals surface area contributed by atoms with Gasteiger partial charge in [-0.3, -0.25) is 0 Å². The van der Waals surface area contributed by atoms with Gasteiger partial charge in [0, 0.05) is 34.1 Å². The average molecular weight is 709 g/mol. The standard InChI is InChI=1S/C48H40N2O4/c1-51-45-25-19-41(20-26-45)49(43-17-9-37-31-47(53-3)23-11-35(37)29-43)39-13-5-33(6-14-39)34-7-15-40(16-8-34)50(42-21-27-46(52-2)28-22-42)44-18-10-38-32-48(54-4)24-12-36(38)30-44/h5-32H,1-4H3. The minimum atomic E-state index is 0.815. The molecule has 0 spiro atoms. The molecule has 0 bridgehead atoms. The monoisotopic (exact) mass is 708 g/mol. The molecular formula is C48H40N2O4. The highest BCUT2D eigenvalue weighted by atomic mass is 16.5. The van der Waals surface area contributed by atoms with Crippen molar-refractivity contribution < 1.29 is 18.9 Å². The summed E-state index contributed by atoms with van der Waals surface area (Å²) in [6.45, 7) is 0. The fraction of sp³-hybridized carbons (Fsp3) is 0.0833. The number of rotatable bonds is 11. The van der Waals surface area contributed by atoms with Gasteiger partial charge in [-0.25, -0.2) is 0 Å². The van der Waals surface area contributed by atoms with Crippen LogP contribution in [0.15, 0.2) is 170 Å². The van der Waals surface area contributed by atoms with Gasteiger partial charge in [0.15, 0.2) is 0 Å². The van der Waals surface area contributed by atoms with Gasteiger partial charge in [0.05, 0.1) is 28.4 Å². The molecule has 8 aromatic carbocycles. The SMILES string of the molecule is COc1ccc(N(c2ccc(-c3ccc(N(c4ccc(OC)cc4)c4ccc5cc(OC)ccc5c4)cc3)cc2)c2ccc3cc(OC)ccc3c2)cc1. The van der Waals surface area contributed by atoms with Crippen LogP contribution in [0.4, 0.5) is 34.1 Å². The van der Waals surface area contributed by atoms with Crippen molar-refractivity contribution in [1.29, 1.82) is 0 Å². The summed E-state index contributed by atoms with van der Waals surface area (Å²) in [5, 5.41) is 4.52. The normalized spacial score (nSPS) is 11.0. The van der Waals surface area contributed by atoms with Gasteiger partial charge in [-0.1, -0.05) is 48.5 Å². The molecule has 0 aliphatic rings. The Morgan fingerprint density at radius 1 is 0.259 bits per heavy atom. The van der Waals surface area contributed by atoms with E-state index in [0.29, 0.717) is 0 Å². The minimum Gasteiger partial charge on any atom is -0.497 e. The Morgan fingerprint density at radius 3 is 0.852 bits per heavy atom. The van der Waals surface area contributed by atoms with Crippen molar-refractivity contribution in [3.05, 3.63) is 170 Å². The summed E-state index contributed by atoms with van der Waals surface area (Å²) in [5.74, 6) is 3.31. The molecule has 6 heteroatoms. The Morgan fingerprint density at radius 2 is 0.519 bits per heavy atom. The highest BCUT2D eigenvalue weighted by Crippen LogP contribution is 2.40. The molecule has 0 saturated heterocycles. The fourth-order valence-corrected chi connectivity index (χ4v) is 6.92. The molecule has 0 amide bonds. The quantitative estimate of drug-likeness (QED) is 0.133. The summed E-state index contributed by atoms with van der Waals surface area (Å²) in [4.78, 5) is 4.53. The topological polar surface area (TPSA) is 43.4 Å². The predicted molar refractivity (Wildman–Crippen MR) is 222 cm³/mol. The number of hydrogen-bond donors (Lipinski definition) is 0. The summed E-state index contributed by atoms with van der Waals surface area (Å²) in [5.41, 5.74) is 8.53. The third kappa shape index (κ3) is 6.85. The van der Waals surface area contributed by atoms with E-state index in [-0.39, 0.29) is 0 Å². The molecule has 0 radical (unpaired) electrons. The van der Waals surface area contributed by atoms with Crippen molar-refractivity contribution in [3.63, 3.8) is 0 Å². The van der Waals surface area contributed by atoms with Crippen LogP contribution >= 0.6 is 0 Å². The van der Waals surface area contributed by atoms with E-state index in [4.69, 9.17) is 18.9 Å². The molecule has 8 rings (SSSR count). The number of fused-ring (bicyclic) bond motifs is 2. The van der Waals surface area contributed by atoms with E-state index in [2.05, 4.69) is 143 Å². The molecule has 0 atom stereocenters. The lowest BCUT2D eigenvalue weighted by atomic mass is 10.0. The van der Waals surface area contributed by atoms with Gasteiger partial charge in [-0.15, -0.1) is 0 Å². The number of nitrogens with zero attached hydrogens (tertiary/aromatic N) is 2. The molecular weight excluding hydrogens is 669 g/mol. The van der Waals surface area contributed by atoms with Crippen molar-refractivity contribution >= 4 is 55.7 Å². The first-order valence-corrected chi connectivity index (χ1v) is 17.8. The molecule has 266 valence electrons. The second-order valence-electron chi connectivity index (χ2n) is 13.0. The van der Waals surface area contributed by atoms with E-state index in [9.17, 15) is 0 Å². The Bertz CT molecular complexity index is 2350. The van der Waals surface area contributed by atoms with Gasteiger partial charge in [-0.05, 0) is 154 Å². The lowest BCUT2D eigenvalue weighted by molar-refractivity contribution is 0.414. The van der Waals surface area contributed by atoms with Crippen molar-refractivity contribution in [2.75, 3.05) is 38.2 Å². The Labute approximate surface area is 316 Å². The molecule has 0 aliphatic heterocycles. The molecule has 6 nitrogen and oxygen atoms in total. The van der Waals surface area contributed by atoms with E-state index >= 15 is 0 Å². The van der Waals surface area contributed by atoms with Crippen molar-refractivity contribution in [3.8, 4) is 34.1 Å². The molecule has 0 saturated carbocycles. The molecule has 0 N–H and O–H groups in total. The Hall–Kier alpha value is -6.92. The first-order valence-electron chi connectivity index (χ1n) is 17.8. The van der Waals surface area contributed by atoms with Gasteiger partial charge in [0.1, 0.15) is 23.0 Å². The maximum atomic E-state index is 5.47. The van der Waals surface area contributed by atoms with E-state index in [0.717, 1.165) is 89.8 Å². The number of methoxy groups -OCH3 is 4. The highest BCUT2D eigenvalue weighted by molar-refractivity contribution is 5.92. The maximum absolute atomic E-state index is 5.47. The summed E-state index contributed by atoms with van der Waals surface area (Å²) < 4.78 is 21.9. The smallest absolute Gasteiger partial charge is 0.119 e. The number of benzene rings is 8. The van der Waals surface area contributed by atoms with Crippen LogP contribution in [-0.2, 0) is 0 Å². The predicted octanol–water partition coefficient (Wildman–Crippen LogP) is 12.6. The van der Waals surface area contributed by atoms with Crippen LogP contribution in [0.25, 0.3) is 32.7 Å². The second kappa shape index (κ2) is 15.0. The third-order valence-electron chi connectivity index (χ3n) is 9.82. The molecule has 0 heterocycles. The zero-order valence-electron chi connectivity index (χ0n) is 30.7. The largest absolute Gasteiger partial charge is 0.497 e. The van der Waals surface area contributed by atoms with Crippen molar-refractivity contribution in [1.82, 2.24) is 0 Å². The van der Waals surface area contributed by atoms with E-state index in [1.165, 1.54) is 0 Å². The van der Waals surface area contributed by atoms with Crippen LogP contribution in [0.1, 0.15) is 0 Å². The average Bonchev–Trinajstić information content (AvgIpc) is 3.24. The molecule has 54 heavy (non-hydrogen) atoms. The van der Waals surface area contributed by atoms with Gasteiger partial charge in [0.25, 0.3) is 0 Å². The Kier molecular flexibility index (Phi) is 9.48. The Balaban J connectivity index is 1.13. The van der Waals surface area contributed by atoms with Crippen LogP contribution in [0.5, 0.6) is 23.0 Å². The molecule has 0 fully saturated rings. The fourth-order valence-electron chi connectivity index (χ4n) is 6.92. The third-order valence-corrected chi connectivity index (χ3v) is 9.82. The summed E-state index contributed by atoms with van der Waals surface area (Å²) in [6, 6.07) is 59.1. The van der Waals surface area contributed by atoms with Crippen LogP contribution in [0.2, 0.25) is 0 Å². The lowest BCUT2D eigenvalue weighted by Gasteiger charge is -2.27. The zero-order valence-corrected chi connectivity index (χ0v) is 30.7. The summed E-state index contributed by atoms with van der Waals surface area (Å²) in [7, 11) is 6.77. The first kappa shape index (κ1) is 34.2. The highest BCUT2D eigenvalue weighted by Gasteiger charge is 2.16. The summed E-state index contributed by atoms with van der Waals surface area (Å²) in [6.07, 6.45) is 0. The number of anilines is 6. The van der Waals surface area contributed by atoms with Gasteiger partial charge < -0.3 is 28.7 Å². The lowest BCUT2D eigenvalue weighted by Crippen LogP contribution is -2.10. The van der Waals surface area contributed by atoms with E-state index < -0.39 is 0 Å². The van der Waals surface area contributed by atoms with Crippen LogP contribution < -0.4 is 28.7 Å². The van der Waals surface area contributed by atoms with Crippen molar-refractivity contribution in [2.24, 2.45) is 0 Å². The molecule has 0 unspecified atom stereocenters. The number of ether oxygens (including phenoxy) is 4. The molecule has 8 aromatic rings. The van der Waals surface area contributed by atoms with Gasteiger partial charge >= 0.3 is 0 Å². The second-order valence-corrected chi connectivity index (χ2v) is 13.0. The van der Waals surface area contributed by atoms with Gasteiger partial charge in [-0.2, -0.15) is 0 Å². The van der Waals surface area contributed by atoms with E-state index in [1.54, 1.807) is 28.4 Å². The maximum Gasteiger partial charge on any atom is 0.119 e.